The number of aromatic amines is 1. The fourth-order valence-electron chi connectivity index (χ4n) is 1.84. The van der Waals surface area contributed by atoms with E-state index in [2.05, 4.69) is 4.98 Å². The van der Waals surface area contributed by atoms with Crippen LogP contribution in [0.4, 0.5) is 4.39 Å². The molecule has 0 fully saturated rings. The third-order valence-electron chi connectivity index (χ3n) is 2.80. The van der Waals surface area contributed by atoms with E-state index in [1.165, 1.54) is 12.1 Å². The quantitative estimate of drug-likeness (QED) is 0.532. The SMILES string of the molecule is CCOC(=O)/C(C#N)=C/c1c[nH]c(-c2ccccc2F)c1. The van der Waals surface area contributed by atoms with Gasteiger partial charge in [0.1, 0.15) is 17.5 Å². The largest absolute Gasteiger partial charge is 0.462 e. The summed E-state index contributed by atoms with van der Waals surface area (Å²) >= 11 is 0. The van der Waals surface area contributed by atoms with Crippen LogP contribution in [0.25, 0.3) is 17.3 Å². The predicted octanol–water partition coefficient (Wildman–Crippen LogP) is 3.29. The van der Waals surface area contributed by atoms with Crippen LogP contribution in [0.2, 0.25) is 0 Å². The van der Waals surface area contributed by atoms with Crippen LogP contribution in [-0.4, -0.2) is 17.6 Å². The molecule has 4 nitrogen and oxygen atoms in total. The predicted molar refractivity (Wildman–Crippen MR) is 76.4 cm³/mol. The van der Waals surface area contributed by atoms with Crippen molar-refractivity contribution < 1.29 is 13.9 Å². The lowest BCUT2D eigenvalue weighted by atomic mass is 10.1. The number of carbonyl (C=O) groups is 1. The molecule has 0 unspecified atom stereocenters. The van der Waals surface area contributed by atoms with Gasteiger partial charge in [-0.25, -0.2) is 9.18 Å². The van der Waals surface area contributed by atoms with E-state index >= 15 is 0 Å². The second-order valence-corrected chi connectivity index (χ2v) is 4.22. The number of ether oxygens (including phenoxy) is 1. The van der Waals surface area contributed by atoms with Gasteiger partial charge in [0.05, 0.1) is 6.61 Å². The van der Waals surface area contributed by atoms with Crippen molar-refractivity contribution >= 4 is 12.0 Å². The summed E-state index contributed by atoms with van der Waals surface area (Å²) in [5, 5.41) is 8.96. The minimum atomic E-state index is -0.673. The fourth-order valence-corrected chi connectivity index (χ4v) is 1.84. The van der Waals surface area contributed by atoms with E-state index in [1.807, 2.05) is 0 Å². The third kappa shape index (κ3) is 3.37. The minimum Gasteiger partial charge on any atom is -0.462 e. The molecule has 0 radical (unpaired) electrons. The molecule has 0 atom stereocenters. The highest BCUT2D eigenvalue weighted by Crippen LogP contribution is 2.23. The lowest BCUT2D eigenvalue weighted by Gasteiger charge is -1.99. The van der Waals surface area contributed by atoms with Gasteiger partial charge in [-0.3, -0.25) is 0 Å². The van der Waals surface area contributed by atoms with Crippen LogP contribution in [0.1, 0.15) is 12.5 Å². The molecule has 0 amide bonds. The summed E-state index contributed by atoms with van der Waals surface area (Å²) in [4.78, 5) is 14.4. The number of aromatic nitrogens is 1. The van der Waals surface area contributed by atoms with Gasteiger partial charge in [-0.05, 0) is 36.8 Å². The molecule has 0 saturated heterocycles. The number of hydrogen-bond acceptors (Lipinski definition) is 3. The van der Waals surface area contributed by atoms with Crippen LogP contribution in [0.15, 0.2) is 42.1 Å². The number of nitrogens with zero attached hydrogens (tertiary/aromatic N) is 1. The normalized spacial score (nSPS) is 11.0. The Morgan fingerprint density at radius 1 is 1.48 bits per heavy atom. The van der Waals surface area contributed by atoms with Crippen molar-refractivity contribution in [1.29, 1.82) is 5.26 Å². The molecule has 1 aromatic carbocycles. The molecule has 2 aromatic rings. The Balaban J connectivity index is 2.30. The zero-order valence-electron chi connectivity index (χ0n) is 11.4. The molecule has 21 heavy (non-hydrogen) atoms. The summed E-state index contributed by atoms with van der Waals surface area (Å²) in [6, 6.07) is 9.80. The second kappa shape index (κ2) is 6.53. The van der Waals surface area contributed by atoms with E-state index in [9.17, 15) is 9.18 Å². The van der Waals surface area contributed by atoms with Gasteiger partial charge >= 0.3 is 5.97 Å². The summed E-state index contributed by atoms with van der Waals surface area (Å²) in [7, 11) is 0. The molecule has 1 aromatic heterocycles. The van der Waals surface area contributed by atoms with Crippen LogP contribution in [-0.2, 0) is 9.53 Å². The zero-order valence-corrected chi connectivity index (χ0v) is 11.4. The lowest BCUT2D eigenvalue weighted by molar-refractivity contribution is -0.137. The van der Waals surface area contributed by atoms with Gasteiger partial charge in [-0.15, -0.1) is 0 Å². The van der Waals surface area contributed by atoms with Crippen molar-refractivity contribution in [3.05, 3.63) is 53.5 Å². The van der Waals surface area contributed by atoms with Gasteiger partial charge in [0.2, 0.25) is 0 Å². The Bertz CT molecular complexity index is 726. The minimum absolute atomic E-state index is 0.101. The average Bonchev–Trinajstić information content (AvgIpc) is 2.93. The lowest BCUT2D eigenvalue weighted by Crippen LogP contribution is -2.05. The number of rotatable bonds is 4. The highest BCUT2D eigenvalue weighted by atomic mass is 19.1. The molecule has 0 aliphatic heterocycles. The number of esters is 1. The standard InChI is InChI=1S/C16H13FN2O2/c1-2-21-16(20)12(9-18)7-11-8-15(19-10-11)13-5-3-4-6-14(13)17/h3-8,10,19H,2H2,1H3/b12-7+. The Morgan fingerprint density at radius 2 is 2.24 bits per heavy atom. The van der Waals surface area contributed by atoms with E-state index in [4.69, 9.17) is 10.00 Å². The second-order valence-electron chi connectivity index (χ2n) is 4.22. The zero-order chi connectivity index (χ0) is 15.2. The first kappa shape index (κ1) is 14.5. The van der Waals surface area contributed by atoms with Crippen molar-refractivity contribution in [2.75, 3.05) is 6.61 Å². The van der Waals surface area contributed by atoms with Crippen LogP contribution in [0.5, 0.6) is 0 Å². The molecule has 0 aliphatic carbocycles. The molecule has 1 heterocycles. The maximum atomic E-state index is 13.7. The number of H-pyrrole nitrogens is 1. The monoisotopic (exact) mass is 284 g/mol. The van der Waals surface area contributed by atoms with E-state index in [0.29, 0.717) is 16.8 Å². The van der Waals surface area contributed by atoms with Crippen LogP contribution in [0.3, 0.4) is 0 Å². The van der Waals surface area contributed by atoms with Gasteiger partial charge in [0, 0.05) is 17.5 Å². The topological polar surface area (TPSA) is 65.9 Å². The smallest absolute Gasteiger partial charge is 0.348 e. The van der Waals surface area contributed by atoms with Gasteiger partial charge in [-0.1, -0.05) is 12.1 Å². The van der Waals surface area contributed by atoms with Gasteiger partial charge in [0.25, 0.3) is 0 Å². The number of benzene rings is 1. The van der Waals surface area contributed by atoms with Crippen molar-refractivity contribution in [3.63, 3.8) is 0 Å². The van der Waals surface area contributed by atoms with Gasteiger partial charge < -0.3 is 9.72 Å². The molecule has 0 saturated carbocycles. The molecular weight excluding hydrogens is 271 g/mol. The Hall–Kier alpha value is -2.87. The van der Waals surface area contributed by atoms with E-state index < -0.39 is 5.97 Å². The van der Waals surface area contributed by atoms with Gasteiger partial charge in [-0.2, -0.15) is 5.26 Å². The van der Waals surface area contributed by atoms with Crippen molar-refractivity contribution in [2.24, 2.45) is 0 Å². The van der Waals surface area contributed by atoms with E-state index in [1.54, 1.807) is 43.5 Å². The fraction of sp³-hybridized carbons (Fsp3) is 0.125. The molecule has 0 aliphatic rings. The molecule has 2 rings (SSSR count). The van der Waals surface area contributed by atoms with Crippen LogP contribution < -0.4 is 0 Å². The number of nitriles is 1. The van der Waals surface area contributed by atoms with Crippen molar-refractivity contribution in [1.82, 2.24) is 4.98 Å². The molecule has 0 spiro atoms. The molecule has 106 valence electrons. The average molecular weight is 284 g/mol. The first-order chi connectivity index (χ1) is 10.2. The summed E-state index contributed by atoms with van der Waals surface area (Å²) in [5.41, 5.74) is 1.49. The Morgan fingerprint density at radius 3 is 2.90 bits per heavy atom. The van der Waals surface area contributed by atoms with E-state index in [-0.39, 0.29) is 18.0 Å². The Labute approximate surface area is 121 Å². The third-order valence-corrected chi connectivity index (χ3v) is 2.80. The highest BCUT2D eigenvalue weighted by molar-refractivity contribution is 5.98. The van der Waals surface area contributed by atoms with E-state index in [0.717, 1.165) is 0 Å². The highest BCUT2D eigenvalue weighted by Gasteiger charge is 2.11. The number of carbonyl (C=O) groups excluding carboxylic acids is 1. The maximum Gasteiger partial charge on any atom is 0.348 e. The van der Waals surface area contributed by atoms with Crippen molar-refractivity contribution in [3.8, 4) is 17.3 Å². The molecule has 5 heteroatoms. The summed E-state index contributed by atoms with van der Waals surface area (Å²) in [5.74, 6) is -1.02. The van der Waals surface area contributed by atoms with Gasteiger partial charge in [0.15, 0.2) is 0 Å². The number of halogens is 1. The molecular formula is C16H13FN2O2. The number of nitrogens with one attached hydrogen (secondary N) is 1. The molecule has 0 bridgehead atoms. The summed E-state index contributed by atoms with van der Waals surface area (Å²) in [6.07, 6.45) is 3.00. The number of hydrogen-bond donors (Lipinski definition) is 1. The van der Waals surface area contributed by atoms with Crippen molar-refractivity contribution in [2.45, 2.75) is 6.92 Å². The van der Waals surface area contributed by atoms with Crippen LogP contribution in [0, 0.1) is 17.1 Å². The maximum absolute atomic E-state index is 13.7. The first-order valence-corrected chi connectivity index (χ1v) is 6.38. The summed E-state index contributed by atoms with van der Waals surface area (Å²) < 4.78 is 18.5. The summed E-state index contributed by atoms with van der Waals surface area (Å²) in [6.45, 7) is 1.87. The van der Waals surface area contributed by atoms with Crippen LogP contribution >= 0.6 is 0 Å². The first-order valence-electron chi connectivity index (χ1n) is 6.38. The molecule has 1 N–H and O–H groups in total. The Kier molecular flexibility index (Phi) is 4.52.